The van der Waals surface area contributed by atoms with E-state index in [-0.39, 0.29) is 18.3 Å². The molecule has 0 unspecified atom stereocenters. The lowest BCUT2D eigenvalue weighted by Gasteiger charge is -2.18. The number of hydrogen-bond donors (Lipinski definition) is 2. The van der Waals surface area contributed by atoms with Crippen molar-refractivity contribution in [3.8, 4) is 0 Å². The molecule has 0 aromatic carbocycles. The second-order valence-electron chi connectivity index (χ2n) is 3.87. The van der Waals surface area contributed by atoms with Crippen molar-refractivity contribution >= 4 is 17.5 Å². The van der Waals surface area contributed by atoms with Crippen LogP contribution in [0.3, 0.4) is 0 Å². The van der Waals surface area contributed by atoms with Gasteiger partial charge in [0, 0.05) is 19.7 Å². The van der Waals surface area contributed by atoms with Crippen molar-refractivity contribution in [2.75, 3.05) is 30.8 Å². The number of nitrogen functional groups attached to an aromatic ring is 1. The van der Waals surface area contributed by atoms with Crippen LogP contribution in [0.15, 0.2) is 6.07 Å². The number of rotatable bonds is 5. The first kappa shape index (κ1) is 14.1. The van der Waals surface area contributed by atoms with Gasteiger partial charge in [0.1, 0.15) is 0 Å². The maximum absolute atomic E-state index is 13.5. The number of pyridine rings is 1. The number of hydrogen-bond acceptors (Lipinski definition) is 4. The van der Waals surface area contributed by atoms with Gasteiger partial charge in [0.2, 0.25) is 5.91 Å². The molecule has 0 spiro atoms. The Morgan fingerprint density at radius 3 is 2.78 bits per heavy atom. The molecule has 1 rings (SSSR count). The fourth-order valence-corrected chi connectivity index (χ4v) is 1.35. The Hall–Kier alpha value is -1.92. The molecular formula is C11H16F2N4O. The molecule has 18 heavy (non-hydrogen) atoms. The molecule has 5 nitrogen and oxygen atoms in total. The molecule has 1 heterocycles. The van der Waals surface area contributed by atoms with E-state index in [1.54, 1.807) is 0 Å². The fourth-order valence-electron chi connectivity index (χ4n) is 1.35. The van der Waals surface area contributed by atoms with Gasteiger partial charge in [-0.05, 0) is 6.42 Å². The normalized spacial score (nSPS) is 10.2. The third-order valence-electron chi connectivity index (χ3n) is 2.25. The number of halogens is 2. The summed E-state index contributed by atoms with van der Waals surface area (Å²) >= 11 is 0. The molecule has 0 aliphatic carbocycles. The molecular weight excluding hydrogens is 242 g/mol. The molecule has 3 N–H and O–H groups in total. The molecule has 0 atom stereocenters. The lowest BCUT2D eigenvalue weighted by molar-refractivity contribution is -0.119. The van der Waals surface area contributed by atoms with Crippen LogP contribution in [0.4, 0.5) is 20.4 Å². The minimum absolute atomic E-state index is 0.0744. The van der Waals surface area contributed by atoms with Crippen LogP contribution in [0.25, 0.3) is 0 Å². The van der Waals surface area contributed by atoms with Crippen LogP contribution in [-0.2, 0) is 4.79 Å². The summed E-state index contributed by atoms with van der Waals surface area (Å²) in [6.45, 7) is 2.40. The number of nitrogens with one attached hydrogen (secondary N) is 1. The zero-order valence-electron chi connectivity index (χ0n) is 10.3. The van der Waals surface area contributed by atoms with E-state index in [1.165, 1.54) is 11.9 Å². The predicted octanol–water partition coefficient (Wildman–Crippen LogP) is 0.904. The summed E-state index contributed by atoms with van der Waals surface area (Å²) in [6, 6.07) is 0.651. The van der Waals surface area contributed by atoms with E-state index in [1.807, 2.05) is 6.92 Å². The zero-order valence-corrected chi connectivity index (χ0v) is 10.3. The van der Waals surface area contributed by atoms with Crippen LogP contribution in [0, 0.1) is 11.6 Å². The van der Waals surface area contributed by atoms with Gasteiger partial charge < -0.3 is 16.0 Å². The molecule has 0 aliphatic rings. The van der Waals surface area contributed by atoms with E-state index in [2.05, 4.69) is 10.3 Å². The van der Waals surface area contributed by atoms with Gasteiger partial charge in [0.05, 0.1) is 6.54 Å². The molecule has 7 heteroatoms. The van der Waals surface area contributed by atoms with Gasteiger partial charge in [-0.1, -0.05) is 6.92 Å². The number of aromatic nitrogens is 1. The molecule has 100 valence electrons. The smallest absolute Gasteiger partial charge is 0.239 e. The standard InChI is InChI=1S/C11H16F2N4O/c1-3-4-15-9(18)6-17(2)11-8(13)5-7(12)10(14)16-11/h5H,3-4,6H2,1-2H3,(H2,14,16)(H,15,18). The summed E-state index contributed by atoms with van der Waals surface area (Å²) in [5.74, 6) is -2.58. The summed E-state index contributed by atoms with van der Waals surface area (Å²) in [5, 5.41) is 2.64. The molecule has 0 saturated carbocycles. The average molecular weight is 258 g/mol. The number of nitrogens with zero attached hydrogens (tertiary/aromatic N) is 2. The second kappa shape index (κ2) is 6.13. The number of likely N-dealkylation sites (N-methyl/N-ethyl adjacent to an activating group) is 1. The maximum Gasteiger partial charge on any atom is 0.239 e. The van der Waals surface area contributed by atoms with E-state index < -0.39 is 17.5 Å². The van der Waals surface area contributed by atoms with Crippen LogP contribution in [-0.4, -0.2) is 31.0 Å². The van der Waals surface area contributed by atoms with Crippen LogP contribution < -0.4 is 16.0 Å². The first-order chi connectivity index (χ1) is 8.45. The van der Waals surface area contributed by atoms with E-state index >= 15 is 0 Å². The summed E-state index contributed by atoms with van der Waals surface area (Å²) in [5.41, 5.74) is 5.26. The first-order valence-electron chi connectivity index (χ1n) is 5.55. The molecule has 0 saturated heterocycles. The van der Waals surface area contributed by atoms with E-state index in [0.717, 1.165) is 6.42 Å². The Kier molecular flexibility index (Phi) is 4.82. The van der Waals surface area contributed by atoms with Crippen LogP contribution in [0.2, 0.25) is 0 Å². The Bertz CT molecular complexity index is 439. The van der Waals surface area contributed by atoms with Gasteiger partial charge >= 0.3 is 0 Å². The number of carbonyl (C=O) groups excluding carboxylic acids is 1. The summed E-state index contributed by atoms with van der Waals surface area (Å²) in [4.78, 5) is 16.3. The highest BCUT2D eigenvalue weighted by Gasteiger charge is 2.15. The molecule has 0 radical (unpaired) electrons. The number of amides is 1. The minimum Gasteiger partial charge on any atom is -0.381 e. The highest BCUT2D eigenvalue weighted by Crippen LogP contribution is 2.19. The van der Waals surface area contributed by atoms with Crippen molar-refractivity contribution in [2.24, 2.45) is 0 Å². The third-order valence-corrected chi connectivity index (χ3v) is 2.25. The Morgan fingerprint density at radius 2 is 2.17 bits per heavy atom. The van der Waals surface area contributed by atoms with Crippen molar-refractivity contribution in [2.45, 2.75) is 13.3 Å². The van der Waals surface area contributed by atoms with E-state index in [9.17, 15) is 13.6 Å². The monoisotopic (exact) mass is 258 g/mol. The van der Waals surface area contributed by atoms with Crippen LogP contribution in [0.5, 0.6) is 0 Å². The molecule has 0 aliphatic heterocycles. The van der Waals surface area contributed by atoms with Crippen molar-refractivity contribution in [1.29, 1.82) is 0 Å². The Morgan fingerprint density at radius 1 is 1.50 bits per heavy atom. The summed E-state index contributed by atoms with van der Waals surface area (Å²) in [7, 11) is 1.48. The summed E-state index contributed by atoms with van der Waals surface area (Å²) < 4.78 is 26.4. The van der Waals surface area contributed by atoms with E-state index in [4.69, 9.17) is 5.73 Å². The Labute approximate surface area is 104 Å². The van der Waals surface area contributed by atoms with Gasteiger partial charge in [-0.3, -0.25) is 4.79 Å². The number of nitrogens with two attached hydrogens (primary N) is 1. The molecule has 1 amide bonds. The molecule has 1 aromatic rings. The molecule has 0 fully saturated rings. The topological polar surface area (TPSA) is 71.2 Å². The number of anilines is 2. The molecule has 0 bridgehead atoms. The second-order valence-corrected chi connectivity index (χ2v) is 3.87. The van der Waals surface area contributed by atoms with Gasteiger partial charge in [0.15, 0.2) is 23.3 Å². The van der Waals surface area contributed by atoms with Crippen molar-refractivity contribution in [1.82, 2.24) is 10.3 Å². The fraction of sp³-hybridized carbons (Fsp3) is 0.455. The Balaban J connectivity index is 2.75. The first-order valence-corrected chi connectivity index (χ1v) is 5.55. The van der Waals surface area contributed by atoms with Crippen molar-refractivity contribution in [3.05, 3.63) is 17.7 Å². The average Bonchev–Trinajstić information content (AvgIpc) is 2.31. The molecule has 1 aromatic heterocycles. The maximum atomic E-state index is 13.5. The van der Waals surface area contributed by atoms with Gasteiger partial charge in [-0.15, -0.1) is 0 Å². The zero-order chi connectivity index (χ0) is 13.7. The van der Waals surface area contributed by atoms with Gasteiger partial charge in [-0.2, -0.15) is 0 Å². The largest absolute Gasteiger partial charge is 0.381 e. The highest BCUT2D eigenvalue weighted by atomic mass is 19.1. The van der Waals surface area contributed by atoms with Crippen LogP contribution in [0.1, 0.15) is 13.3 Å². The van der Waals surface area contributed by atoms with Crippen molar-refractivity contribution < 1.29 is 13.6 Å². The van der Waals surface area contributed by atoms with E-state index in [0.29, 0.717) is 12.6 Å². The highest BCUT2D eigenvalue weighted by molar-refractivity contribution is 5.80. The lowest BCUT2D eigenvalue weighted by Crippen LogP contribution is -2.36. The van der Waals surface area contributed by atoms with Gasteiger partial charge in [0.25, 0.3) is 0 Å². The SMILES string of the molecule is CCCNC(=O)CN(C)c1nc(N)c(F)cc1F. The predicted molar refractivity (Wildman–Crippen MR) is 65.1 cm³/mol. The third kappa shape index (κ3) is 3.54. The summed E-state index contributed by atoms with van der Waals surface area (Å²) in [6.07, 6.45) is 0.811. The lowest BCUT2D eigenvalue weighted by atomic mass is 10.3. The van der Waals surface area contributed by atoms with Crippen LogP contribution >= 0.6 is 0 Å². The minimum atomic E-state index is -0.917. The van der Waals surface area contributed by atoms with Gasteiger partial charge in [-0.25, -0.2) is 13.8 Å². The quantitative estimate of drug-likeness (QED) is 0.823. The van der Waals surface area contributed by atoms with Crippen molar-refractivity contribution in [3.63, 3.8) is 0 Å². The number of carbonyl (C=O) groups is 1.